The van der Waals surface area contributed by atoms with Crippen molar-refractivity contribution in [2.24, 2.45) is 28.6 Å². The monoisotopic (exact) mass is 852 g/mol. The average Bonchev–Trinajstić information content (AvgIpc) is 3.45. The van der Waals surface area contributed by atoms with Crippen LogP contribution in [0.4, 0.5) is 4.39 Å². The number of aromatic hydroxyl groups is 2. The first-order valence-electron chi connectivity index (χ1n) is 20.4. The van der Waals surface area contributed by atoms with Crippen LogP contribution < -0.4 is 9.47 Å². The number of ketones is 3. The fraction of sp³-hybridized carbons (Fsp3) is 0.388. The highest BCUT2D eigenvalue weighted by molar-refractivity contribution is 6.12. The number of carboxylic acids is 1. The molecule has 0 aromatic heterocycles. The van der Waals surface area contributed by atoms with Crippen molar-refractivity contribution in [2.75, 3.05) is 20.8 Å². The maximum absolute atomic E-state index is 16.9. The van der Waals surface area contributed by atoms with Crippen LogP contribution in [0, 0.1) is 28.6 Å². The van der Waals surface area contributed by atoms with E-state index in [2.05, 4.69) is 0 Å². The van der Waals surface area contributed by atoms with E-state index in [1.165, 1.54) is 43.5 Å². The summed E-state index contributed by atoms with van der Waals surface area (Å²) in [5, 5.41) is 62.1. The number of Topliss-reactive ketones (excluding diaryl/α,β-unsaturated/α-hetero) is 1. The summed E-state index contributed by atoms with van der Waals surface area (Å²) in [7, 11) is 3.10. The second-order valence-corrected chi connectivity index (χ2v) is 17.1. The van der Waals surface area contributed by atoms with Gasteiger partial charge in [-0.05, 0) is 109 Å². The van der Waals surface area contributed by atoms with Crippen molar-refractivity contribution in [3.05, 3.63) is 119 Å². The number of carbonyl (C=O) groups is 4. The summed E-state index contributed by atoms with van der Waals surface area (Å²) in [6.45, 7) is 4.48. The summed E-state index contributed by atoms with van der Waals surface area (Å²) < 4.78 is 26.9. The molecule has 4 aliphatic carbocycles. The van der Waals surface area contributed by atoms with Crippen LogP contribution in [0.15, 0.2) is 103 Å². The van der Waals surface area contributed by atoms with Crippen LogP contribution in [0.1, 0.15) is 67.9 Å². The van der Waals surface area contributed by atoms with Gasteiger partial charge in [-0.1, -0.05) is 61.9 Å². The van der Waals surface area contributed by atoms with Crippen LogP contribution in [0.5, 0.6) is 23.0 Å². The molecule has 8 rings (SSSR count). The normalized spacial score (nSPS) is 29.3. The Morgan fingerprint density at radius 1 is 0.855 bits per heavy atom. The molecule has 6 N–H and O–H groups in total. The number of benzene rings is 4. The number of ether oxygens (including phenoxy) is 2. The second-order valence-electron chi connectivity index (χ2n) is 17.1. The lowest BCUT2D eigenvalue weighted by Crippen LogP contribution is -2.69. The summed E-state index contributed by atoms with van der Waals surface area (Å²) in [6.07, 6.45) is 4.50. The van der Waals surface area contributed by atoms with E-state index in [-0.39, 0.29) is 47.2 Å². The minimum Gasteiger partial charge on any atom is -0.507 e. The molecule has 328 valence electrons. The summed E-state index contributed by atoms with van der Waals surface area (Å²) in [5.41, 5.74) is -4.09. The van der Waals surface area contributed by atoms with E-state index in [1.54, 1.807) is 52.2 Å². The molecule has 4 aromatic rings. The maximum Gasteiger partial charge on any atom is 0.307 e. The number of carbonyl (C=O) groups excluding carboxylic acids is 3. The fourth-order valence-electron chi connectivity index (χ4n) is 10.6. The lowest BCUT2D eigenvalue weighted by Gasteiger charge is -2.62. The van der Waals surface area contributed by atoms with Gasteiger partial charge < -0.3 is 40.1 Å². The fourth-order valence-corrected chi connectivity index (χ4v) is 10.6. The van der Waals surface area contributed by atoms with Crippen molar-refractivity contribution >= 4 is 34.1 Å². The van der Waals surface area contributed by atoms with Crippen molar-refractivity contribution in [3.63, 3.8) is 0 Å². The molecule has 62 heavy (non-hydrogen) atoms. The van der Waals surface area contributed by atoms with Crippen LogP contribution in [-0.4, -0.2) is 92.2 Å². The molecule has 0 unspecified atom stereocenters. The van der Waals surface area contributed by atoms with Crippen molar-refractivity contribution in [3.8, 4) is 23.0 Å². The quantitative estimate of drug-likeness (QED) is 0.102. The molecule has 8 atom stereocenters. The predicted octanol–water partition coefficient (Wildman–Crippen LogP) is 6.71. The SMILES string of the molecule is COc1ccc(C(=O)c2ccccc2O)c(O)c1.COc1ccc2cc(CC(=O)O)ccc2c1.C[C@H]1C[C@H]2[C@@H]3CCC4=CC(=O)C=C[C@]4(C)[C@@]3(F)[C@@H](O)C[C@]2(C)[C@@]1(O)C(=O)CO. The number of carboxylic acid groups (broad SMARTS) is 1. The highest BCUT2D eigenvalue weighted by Crippen LogP contribution is 2.70. The first kappa shape index (κ1) is 45.6. The Balaban J connectivity index is 0.000000164. The van der Waals surface area contributed by atoms with Crippen LogP contribution in [0.25, 0.3) is 10.8 Å². The van der Waals surface area contributed by atoms with Gasteiger partial charge in [-0.3, -0.25) is 19.2 Å². The summed E-state index contributed by atoms with van der Waals surface area (Å²) in [6, 6.07) is 22.0. The van der Waals surface area contributed by atoms with E-state index in [1.807, 2.05) is 36.4 Å². The molecule has 3 fully saturated rings. The number of alkyl halides is 1. The van der Waals surface area contributed by atoms with Crippen molar-refractivity contribution in [1.29, 1.82) is 0 Å². The van der Waals surface area contributed by atoms with Crippen molar-refractivity contribution < 1.29 is 63.7 Å². The topological polar surface area (TPSA) is 208 Å². The van der Waals surface area contributed by atoms with Crippen LogP contribution in [0.2, 0.25) is 0 Å². The highest BCUT2D eigenvalue weighted by Gasteiger charge is 2.75. The summed E-state index contributed by atoms with van der Waals surface area (Å²) in [4.78, 5) is 47.1. The van der Waals surface area contributed by atoms with E-state index in [4.69, 9.17) is 14.6 Å². The Morgan fingerprint density at radius 3 is 2.13 bits per heavy atom. The minimum absolute atomic E-state index is 0.0575. The lowest BCUT2D eigenvalue weighted by molar-refractivity contribution is -0.219. The number of phenolic OH excluding ortho intramolecular Hbond substituents is 2. The number of phenols is 2. The standard InChI is InChI=1S/C22H29FO5.C14H12O4.C13H12O3/c1-12-8-16-15-5-4-13-9-14(25)6-7-19(13,2)21(15,23)17(26)10-20(16,3)22(12,28)18(27)11-24;1-18-9-6-7-11(13(16)8-9)14(17)10-4-2-3-5-12(10)15;1-16-12-5-4-10-6-9(7-13(14)15)2-3-11(10)8-12/h6-7,9,12,15-17,24,26,28H,4-5,8,10-11H2,1-3H3;2-8,15-16H,1H3;2-6,8H,7H2,1H3,(H,14,15)/t12-,15-,16-,17-,19-,20-,21-,22-;;/m0../s1. The largest absolute Gasteiger partial charge is 0.507 e. The third-order valence-electron chi connectivity index (χ3n) is 13.9. The number of aliphatic hydroxyl groups excluding tert-OH is 2. The molecule has 0 aliphatic heterocycles. The third kappa shape index (κ3) is 7.77. The van der Waals surface area contributed by atoms with Gasteiger partial charge in [-0.15, -0.1) is 0 Å². The minimum atomic E-state index is -1.98. The van der Waals surface area contributed by atoms with E-state index >= 15 is 4.39 Å². The number of fused-ring (bicyclic) bond motifs is 6. The highest BCUT2D eigenvalue weighted by atomic mass is 19.1. The maximum atomic E-state index is 16.9. The molecule has 0 radical (unpaired) electrons. The number of methoxy groups -OCH3 is 2. The lowest BCUT2D eigenvalue weighted by atomic mass is 9.44. The smallest absolute Gasteiger partial charge is 0.307 e. The number of allylic oxidation sites excluding steroid dienone is 4. The zero-order chi connectivity index (χ0) is 45.4. The number of hydrogen-bond acceptors (Lipinski definition) is 11. The molecule has 4 aliphatic rings. The number of aliphatic carboxylic acids is 1. The first-order valence-corrected chi connectivity index (χ1v) is 20.4. The third-order valence-corrected chi connectivity index (χ3v) is 13.9. The van der Waals surface area contributed by atoms with E-state index in [0.29, 0.717) is 30.6 Å². The predicted molar refractivity (Wildman–Crippen MR) is 228 cm³/mol. The van der Waals surface area contributed by atoms with Crippen molar-refractivity contribution in [1.82, 2.24) is 0 Å². The van der Waals surface area contributed by atoms with E-state index in [0.717, 1.165) is 22.1 Å². The Kier molecular flexibility index (Phi) is 12.9. The van der Waals surface area contributed by atoms with Crippen molar-refractivity contribution in [2.45, 2.75) is 70.2 Å². The summed E-state index contributed by atoms with van der Waals surface area (Å²) >= 11 is 0. The van der Waals surface area contributed by atoms with Crippen LogP contribution in [-0.2, 0) is 20.8 Å². The number of halogens is 1. The van der Waals surface area contributed by atoms with Gasteiger partial charge in [-0.2, -0.15) is 0 Å². The van der Waals surface area contributed by atoms with Gasteiger partial charge in [0.1, 0.15) is 35.2 Å². The Morgan fingerprint density at radius 2 is 1.48 bits per heavy atom. The molecule has 0 bridgehead atoms. The molecule has 0 saturated heterocycles. The van der Waals surface area contributed by atoms with Gasteiger partial charge in [0.2, 0.25) is 0 Å². The number of aliphatic hydroxyl groups is 3. The molecule has 12 nitrogen and oxygen atoms in total. The molecular weight excluding hydrogens is 800 g/mol. The Hall–Kier alpha value is -5.89. The molecule has 0 amide bonds. The Labute approximate surface area is 358 Å². The zero-order valence-corrected chi connectivity index (χ0v) is 35.3. The second kappa shape index (κ2) is 17.5. The zero-order valence-electron chi connectivity index (χ0n) is 35.3. The number of hydrogen-bond donors (Lipinski definition) is 6. The van der Waals surface area contributed by atoms with E-state index in [9.17, 15) is 44.7 Å². The van der Waals surface area contributed by atoms with Gasteiger partial charge in [0.25, 0.3) is 0 Å². The van der Waals surface area contributed by atoms with Crippen LogP contribution >= 0.6 is 0 Å². The molecule has 13 heteroatoms. The van der Waals surface area contributed by atoms with Gasteiger partial charge in [0.15, 0.2) is 23.0 Å². The summed E-state index contributed by atoms with van der Waals surface area (Å²) in [5.74, 6) is -2.40. The first-order chi connectivity index (χ1) is 29.3. The van der Waals surface area contributed by atoms with E-state index < -0.39 is 64.2 Å². The van der Waals surface area contributed by atoms with Gasteiger partial charge in [0.05, 0.1) is 37.9 Å². The van der Waals surface area contributed by atoms with Gasteiger partial charge in [-0.25, -0.2) is 4.39 Å². The van der Waals surface area contributed by atoms with Crippen LogP contribution in [0.3, 0.4) is 0 Å². The average molecular weight is 853 g/mol. The number of rotatable bonds is 8. The molecular formula is C49H53FO12. The van der Waals surface area contributed by atoms with Gasteiger partial charge in [0, 0.05) is 22.8 Å². The molecule has 3 saturated carbocycles. The molecule has 4 aromatic carbocycles. The Bertz CT molecular complexity index is 2460. The molecule has 0 heterocycles. The van der Waals surface area contributed by atoms with Gasteiger partial charge >= 0.3 is 5.97 Å². The molecule has 0 spiro atoms. The number of para-hydroxylation sites is 1.